The number of nitrogens with zero attached hydrogens (tertiary/aromatic N) is 3. The predicted octanol–water partition coefficient (Wildman–Crippen LogP) is 0.320. The number of morpholine rings is 1. The average Bonchev–Trinajstić information content (AvgIpc) is 2.46. The van der Waals surface area contributed by atoms with Crippen LogP contribution in [0.3, 0.4) is 0 Å². The summed E-state index contributed by atoms with van der Waals surface area (Å²) < 4.78 is 5.28. The van der Waals surface area contributed by atoms with Crippen LogP contribution in [-0.2, 0) is 4.74 Å². The Balaban J connectivity index is 1.56. The van der Waals surface area contributed by atoms with Gasteiger partial charge in [0.15, 0.2) is 5.82 Å². The second-order valence-electron chi connectivity index (χ2n) is 4.28. The summed E-state index contributed by atoms with van der Waals surface area (Å²) in [6, 6.07) is -0.248. The largest absolute Gasteiger partial charge is 0.379 e. The highest BCUT2D eigenvalue weighted by atomic mass is 16.5. The third-order valence-corrected chi connectivity index (χ3v) is 2.85. The van der Waals surface area contributed by atoms with Gasteiger partial charge in [-0.3, -0.25) is 15.2 Å². The Labute approximate surface area is 112 Å². The van der Waals surface area contributed by atoms with Gasteiger partial charge in [0.1, 0.15) is 0 Å². The third-order valence-electron chi connectivity index (χ3n) is 2.85. The first kappa shape index (κ1) is 13.7. The molecule has 0 aliphatic carbocycles. The van der Waals surface area contributed by atoms with E-state index in [0.717, 1.165) is 39.3 Å². The van der Waals surface area contributed by atoms with Crippen molar-refractivity contribution in [3.8, 4) is 0 Å². The lowest BCUT2D eigenvalue weighted by atomic mass is 10.3. The van der Waals surface area contributed by atoms with E-state index in [1.807, 2.05) is 0 Å². The molecule has 2 rings (SSSR count). The zero-order chi connectivity index (χ0) is 13.3. The molecule has 2 N–H and O–H groups in total. The van der Waals surface area contributed by atoms with Crippen molar-refractivity contribution in [3.63, 3.8) is 0 Å². The summed E-state index contributed by atoms with van der Waals surface area (Å²) >= 11 is 0. The molecule has 1 fully saturated rings. The summed E-state index contributed by atoms with van der Waals surface area (Å²) in [7, 11) is 0. The molecule has 2 amide bonds. The Morgan fingerprint density at radius 2 is 2.21 bits per heavy atom. The van der Waals surface area contributed by atoms with E-state index in [0.29, 0.717) is 12.4 Å². The van der Waals surface area contributed by atoms with E-state index in [2.05, 4.69) is 25.5 Å². The topological polar surface area (TPSA) is 79.4 Å². The number of ether oxygens (including phenoxy) is 1. The number of carbonyl (C=O) groups is 1. The summed E-state index contributed by atoms with van der Waals surface area (Å²) in [5, 5.41) is 5.42. The van der Waals surface area contributed by atoms with E-state index in [-0.39, 0.29) is 6.03 Å². The summed E-state index contributed by atoms with van der Waals surface area (Å²) in [6.07, 6.45) is 5.53. The molecular weight excluding hydrogens is 246 g/mol. The van der Waals surface area contributed by atoms with Crippen LogP contribution in [-0.4, -0.2) is 60.3 Å². The minimum Gasteiger partial charge on any atom is -0.379 e. The SMILES string of the molecule is O=C(NCCCN1CCOCC1)Nc1cnccn1. The van der Waals surface area contributed by atoms with Crippen molar-refractivity contribution in [2.75, 3.05) is 44.7 Å². The van der Waals surface area contributed by atoms with Gasteiger partial charge >= 0.3 is 6.03 Å². The Morgan fingerprint density at radius 3 is 2.95 bits per heavy atom. The molecule has 1 aliphatic rings. The van der Waals surface area contributed by atoms with Gasteiger partial charge in [-0.2, -0.15) is 0 Å². The molecule has 0 aromatic carbocycles. The maximum absolute atomic E-state index is 11.5. The molecule has 7 heteroatoms. The average molecular weight is 265 g/mol. The van der Waals surface area contributed by atoms with E-state index in [4.69, 9.17) is 4.74 Å². The van der Waals surface area contributed by atoms with Gasteiger partial charge in [-0.15, -0.1) is 0 Å². The highest BCUT2D eigenvalue weighted by Gasteiger charge is 2.09. The van der Waals surface area contributed by atoms with Gasteiger partial charge in [-0.05, 0) is 13.0 Å². The predicted molar refractivity (Wildman–Crippen MR) is 70.9 cm³/mol. The fourth-order valence-electron chi connectivity index (χ4n) is 1.85. The molecule has 0 unspecified atom stereocenters. The van der Waals surface area contributed by atoms with Gasteiger partial charge < -0.3 is 10.1 Å². The van der Waals surface area contributed by atoms with Crippen LogP contribution in [0.15, 0.2) is 18.6 Å². The number of amides is 2. The van der Waals surface area contributed by atoms with Crippen LogP contribution in [0, 0.1) is 0 Å². The minimum absolute atomic E-state index is 0.248. The third kappa shape index (κ3) is 5.19. The van der Waals surface area contributed by atoms with Crippen LogP contribution in [0.25, 0.3) is 0 Å². The van der Waals surface area contributed by atoms with Crippen molar-refractivity contribution in [2.45, 2.75) is 6.42 Å². The molecule has 0 bridgehead atoms. The zero-order valence-corrected chi connectivity index (χ0v) is 10.8. The first-order valence-corrected chi connectivity index (χ1v) is 6.45. The van der Waals surface area contributed by atoms with Crippen LogP contribution >= 0.6 is 0 Å². The van der Waals surface area contributed by atoms with Crippen LogP contribution in [0.4, 0.5) is 10.6 Å². The van der Waals surface area contributed by atoms with Crippen molar-refractivity contribution in [3.05, 3.63) is 18.6 Å². The number of anilines is 1. The van der Waals surface area contributed by atoms with Gasteiger partial charge in [-0.25, -0.2) is 9.78 Å². The van der Waals surface area contributed by atoms with Gasteiger partial charge in [-0.1, -0.05) is 0 Å². The standard InChI is InChI=1S/C12H19N5O2/c18-12(16-11-10-13-3-4-14-11)15-2-1-5-17-6-8-19-9-7-17/h3-4,10H,1-2,5-9H2,(H2,14,15,16,18). The van der Waals surface area contributed by atoms with Gasteiger partial charge in [0.2, 0.25) is 0 Å². The number of hydrogen-bond acceptors (Lipinski definition) is 5. The van der Waals surface area contributed by atoms with Crippen LogP contribution in [0.2, 0.25) is 0 Å². The number of hydrogen-bond donors (Lipinski definition) is 2. The van der Waals surface area contributed by atoms with Crippen molar-refractivity contribution in [2.24, 2.45) is 0 Å². The molecule has 0 saturated carbocycles. The van der Waals surface area contributed by atoms with Gasteiger partial charge in [0.25, 0.3) is 0 Å². The lowest BCUT2D eigenvalue weighted by Gasteiger charge is -2.26. The maximum Gasteiger partial charge on any atom is 0.320 e. The molecule has 1 saturated heterocycles. The first-order valence-electron chi connectivity index (χ1n) is 6.45. The zero-order valence-electron chi connectivity index (χ0n) is 10.8. The Morgan fingerprint density at radius 1 is 1.37 bits per heavy atom. The molecule has 7 nitrogen and oxygen atoms in total. The van der Waals surface area contributed by atoms with E-state index in [1.54, 1.807) is 6.20 Å². The van der Waals surface area contributed by atoms with Gasteiger partial charge in [0.05, 0.1) is 19.4 Å². The van der Waals surface area contributed by atoms with E-state index < -0.39 is 0 Å². The second kappa shape index (κ2) is 7.65. The second-order valence-corrected chi connectivity index (χ2v) is 4.28. The normalized spacial score (nSPS) is 16.0. The number of urea groups is 1. The molecule has 0 atom stereocenters. The first-order chi connectivity index (χ1) is 9.34. The highest BCUT2D eigenvalue weighted by Crippen LogP contribution is 1.98. The summed E-state index contributed by atoms with van der Waals surface area (Å²) in [4.78, 5) is 21.7. The fourth-order valence-corrected chi connectivity index (χ4v) is 1.85. The van der Waals surface area contributed by atoms with Crippen molar-refractivity contribution in [1.29, 1.82) is 0 Å². The molecule has 1 aromatic heterocycles. The molecular formula is C12H19N5O2. The van der Waals surface area contributed by atoms with Crippen LogP contribution in [0.1, 0.15) is 6.42 Å². The van der Waals surface area contributed by atoms with Crippen molar-refractivity contribution >= 4 is 11.8 Å². The summed E-state index contributed by atoms with van der Waals surface area (Å²) in [5.74, 6) is 0.452. The maximum atomic E-state index is 11.5. The Bertz CT molecular complexity index is 381. The lowest BCUT2D eigenvalue weighted by Crippen LogP contribution is -2.38. The molecule has 0 spiro atoms. The molecule has 1 aromatic rings. The van der Waals surface area contributed by atoms with E-state index in [1.165, 1.54) is 12.4 Å². The van der Waals surface area contributed by atoms with Crippen LogP contribution < -0.4 is 10.6 Å². The number of nitrogens with one attached hydrogen (secondary N) is 2. The van der Waals surface area contributed by atoms with Crippen molar-refractivity contribution < 1.29 is 9.53 Å². The van der Waals surface area contributed by atoms with E-state index >= 15 is 0 Å². The van der Waals surface area contributed by atoms with Crippen molar-refractivity contribution in [1.82, 2.24) is 20.2 Å². The fraction of sp³-hybridized carbons (Fsp3) is 0.583. The number of aromatic nitrogens is 2. The quantitative estimate of drug-likeness (QED) is 0.750. The summed E-state index contributed by atoms with van der Waals surface area (Å²) in [6.45, 7) is 5.19. The Kier molecular flexibility index (Phi) is 5.51. The minimum atomic E-state index is -0.248. The Hall–Kier alpha value is -1.73. The highest BCUT2D eigenvalue weighted by molar-refractivity contribution is 5.87. The van der Waals surface area contributed by atoms with E-state index in [9.17, 15) is 4.79 Å². The van der Waals surface area contributed by atoms with Gasteiger partial charge in [0, 0.05) is 32.0 Å². The molecule has 19 heavy (non-hydrogen) atoms. The molecule has 2 heterocycles. The summed E-state index contributed by atoms with van der Waals surface area (Å²) in [5.41, 5.74) is 0. The molecule has 104 valence electrons. The smallest absolute Gasteiger partial charge is 0.320 e. The molecule has 0 radical (unpaired) electrons. The lowest BCUT2D eigenvalue weighted by molar-refractivity contribution is 0.0375. The van der Waals surface area contributed by atoms with Crippen LogP contribution in [0.5, 0.6) is 0 Å². The molecule has 1 aliphatic heterocycles. The number of rotatable bonds is 5. The monoisotopic (exact) mass is 265 g/mol. The number of carbonyl (C=O) groups excluding carboxylic acids is 1.